The van der Waals surface area contributed by atoms with Gasteiger partial charge in [0.2, 0.25) is 0 Å². The first-order valence-corrected chi connectivity index (χ1v) is 9.02. The van der Waals surface area contributed by atoms with Gasteiger partial charge in [-0.15, -0.1) is 0 Å². The normalized spacial score (nSPS) is 21.4. The van der Waals surface area contributed by atoms with Crippen molar-refractivity contribution in [2.45, 2.75) is 76.9 Å². The molecular weight excluding hydrogens is 228 g/mol. The van der Waals surface area contributed by atoms with E-state index >= 15 is 0 Å². The molecule has 0 aliphatic carbocycles. The molecule has 0 aromatic carbocycles. The second-order valence-electron chi connectivity index (χ2n) is 5.18. The summed E-state index contributed by atoms with van der Waals surface area (Å²) in [6, 6.07) is 0. The van der Waals surface area contributed by atoms with Gasteiger partial charge >= 0.3 is 0 Å². The molecule has 0 N–H and O–H groups in total. The molecule has 17 heavy (non-hydrogen) atoms. The molecule has 0 radical (unpaired) electrons. The van der Waals surface area contributed by atoms with E-state index in [9.17, 15) is 0 Å². The summed E-state index contributed by atoms with van der Waals surface area (Å²) in [4.78, 5) is 0. The van der Waals surface area contributed by atoms with E-state index in [0.717, 1.165) is 13.2 Å². The first-order chi connectivity index (χ1) is 8.43. The monoisotopic (exact) mass is 258 g/mol. The van der Waals surface area contributed by atoms with Crippen LogP contribution in [-0.2, 0) is 9.16 Å². The molecule has 2 nitrogen and oxygen atoms in total. The molecule has 1 unspecified atom stereocenters. The maximum atomic E-state index is 5.81. The van der Waals surface area contributed by atoms with E-state index < -0.39 is 9.76 Å². The maximum Gasteiger partial charge on any atom is 0.190 e. The van der Waals surface area contributed by atoms with Crippen molar-refractivity contribution >= 4 is 9.76 Å². The highest BCUT2D eigenvalue weighted by molar-refractivity contribution is 6.29. The highest BCUT2D eigenvalue weighted by atomic mass is 28.2. The molecule has 3 heteroatoms. The Balaban J connectivity index is 1.75. The molecule has 0 aromatic rings. The predicted octanol–water partition coefficient (Wildman–Crippen LogP) is 3.36. The zero-order valence-corrected chi connectivity index (χ0v) is 13.0. The second kappa shape index (κ2) is 11.2. The van der Waals surface area contributed by atoms with E-state index in [1.807, 2.05) is 0 Å². The number of unbranched alkanes of at least 4 members (excludes halogenated alkanes) is 6. The topological polar surface area (TPSA) is 18.5 Å². The minimum absolute atomic E-state index is 0.404. The third-order valence-electron chi connectivity index (χ3n) is 3.47. The fourth-order valence-corrected chi connectivity index (χ4v) is 3.67. The SMILES string of the molecule is CCCCCCCCCO[SiH2]C1CCCCO1. The van der Waals surface area contributed by atoms with Gasteiger partial charge in [-0.3, -0.25) is 0 Å². The van der Waals surface area contributed by atoms with Gasteiger partial charge in [0.1, 0.15) is 0 Å². The van der Waals surface area contributed by atoms with E-state index in [-0.39, 0.29) is 0 Å². The lowest BCUT2D eigenvalue weighted by molar-refractivity contribution is 0.0549. The number of hydrogen-bond donors (Lipinski definition) is 0. The van der Waals surface area contributed by atoms with Gasteiger partial charge in [0.05, 0.1) is 5.73 Å². The largest absolute Gasteiger partial charge is 0.421 e. The molecule has 0 saturated carbocycles. The van der Waals surface area contributed by atoms with Crippen molar-refractivity contribution in [2.24, 2.45) is 0 Å². The summed E-state index contributed by atoms with van der Waals surface area (Å²) in [6.07, 6.45) is 13.4. The lowest BCUT2D eigenvalue weighted by Crippen LogP contribution is -2.27. The Morgan fingerprint density at radius 3 is 2.53 bits per heavy atom. The summed E-state index contributed by atoms with van der Waals surface area (Å²) >= 11 is 0. The molecule has 1 heterocycles. The molecule has 1 saturated heterocycles. The molecular formula is C14H30O2Si. The Hall–Kier alpha value is 0.137. The highest BCUT2D eigenvalue weighted by Crippen LogP contribution is 2.12. The predicted molar refractivity (Wildman–Crippen MR) is 76.1 cm³/mol. The number of rotatable bonds is 10. The fourth-order valence-electron chi connectivity index (χ4n) is 2.31. The Labute approximate surface area is 109 Å². The van der Waals surface area contributed by atoms with Crippen LogP contribution in [-0.4, -0.2) is 28.7 Å². The first-order valence-electron chi connectivity index (χ1n) is 7.63. The van der Waals surface area contributed by atoms with E-state index in [4.69, 9.17) is 9.16 Å². The van der Waals surface area contributed by atoms with Crippen molar-refractivity contribution in [2.75, 3.05) is 13.2 Å². The van der Waals surface area contributed by atoms with Crippen LogP contribution in [0.4, 0.5) is 0 Å². The minimum Gasteiger partial charge on any atom is -0.421 e. The minimum atomic E-state index is -0.404. The van der Waals surface area contributed by atoms with Gasteiger partial charge < -0.3 is 9.16 Å². The highest BCUT2D eigenvalue weighted by Gasteiger charge is 2.14. The van der Waals surface area contributed by atoms with Crippen molar-refractivity contribution in [3.63, 3.8) is 0 Å². The summed E-state index contributed by atoms with van der Waals surface area (Å²) < 4.78 is 11.5. The third-order valence-corrected chi connectivity index (χ3v) is 5.01. The Morgan fingerprint density at radius 2 is 1.82 bits per heavy atom. The third kappa shape index (κ3) is 8.81. The molecule has 0 spiro atoms. The Morgan fingerprint density at radius 1 is 1.06 bits per heavy atom. The fraction of sp³-hybridized carbons (Fsp3) is 1.00. The van der Waals surface area contributed by atoms with Gasteiger partial charge in [-0.1, -0.05) is 45.4 Å². The van der Waals surface area contributed by atoms with Crippen LogP contribution in [0.2, 0.25) is 0 Å². The lowest BCUT2D eigenvalue weighted by atomic mass is 10.1. The van der Waals surface area contributed by atoms with Crippen molar-refractivity contribution in [3.8, 4) is 0 Å². The van der Waals surface area contributed by atoms with Crippen molar-refractivity contribution < 1.29 is 9.16 Å². The molecule has 1 atom stereocenters. The quantitative estimate of drug-likeness (QED) is 0.442. The van der Waals surface area contributed by atoms with Crippen LogP contribution >= 0.6 is 0 Å². The Kier molecular flexibility index (Phi) is 10.0. The van der Waals surface area contributed by atoms with Gasteiger partial charge in [0.15, 0.2) is 9.76 Å². The van der Waals surface area contributed by atoms with Crippen LogP contribution in [0.15, 0.2) is 0 Å². The second-order valence-corrected chi connectivity index (χ2v) is 6.84. The number of hydrogen-bond acceptors (Lipinski definition) is 2. The van der Waals surface area contributed by atoms with Crippen molar-refractivity contribution in [1.29, 1.82) is 0 Å². The molecule has 102 valence electrons. The molecule has 1 fully saturated rings. The van der Waals surface area contributed by atoms with E-state index in [0.29, 0.717) is 5.73 Å². The zero-order valence-electron chi connectivity index (χ0n) is 11.6. The maximum absolute atomic E-state index is 5.81. The lowest BCUT2D eigenvalue weighted by Gasteiger charge is -2.21. The summed E-state index contributed by atoms with van der Waals surface area (Å²) in [5.74, 6) is 0. The van der Waals surface area contributed by atoms with Crippen LogP contribution < -0.4 is 0 Å². The van der Waals surface area contributed by atoms with E-state index in [1.54, 1.807) is 0 Å². The van der Waals surface area contributed by atoms with E-state index in [1.165, 1.54) is 64.2 Å². The average Bonchev–Trinajstić information content (AvgIpc) is 2.38. The zero-order chi connectivity index (χ0) is 12.2. The summed E-state index contributed by atoms with van der Waals surface area (Å²) in [7, 11) is -0.404. The van der Waals surface area contributed by atoms with Crippen LogP contribution in [0.5, 0.6) is 0 Å². The molecule has 0 bridgehead atoms. The van der Waals surface area contributed by atoms with Gasteiger partial charge in [-0.05, 0) is 25.7 Å². The number of ether oxygens (including phenoxy) is 1. The molecule has 0 aromatic heterocycles. The molecule has 0 amide bonds. The summed E-state index contributed by atoms with van der Waals surface area (Å²) in [6.45, 7) is 4.23. The smallest absolute Gasteiger partial charge is 0.190 e. The van der Waals surface area contributed by atoms with Crippen LogP contribution in [0.1, 0.15) is 71.1 Å². The average molecular weight is 258 g/mol. The molecule has 1 aliphatic rings. The van der Waals surface area contributed by atoms with Crippen molar-refractivity contribution in [1.82, 2.24) is 0 Å². The molecule has 1 aliphatic heterocycles. The van der Waals surface area contributed by atoms with E-state index in [2.05, 4.69) is 6.92 Å². The summed E-state index contributed by atoms with van der Waals surface area (Å²) in [5, 5.41) is 0. The van der Waals surface area contributed by atoms with Gasteiger partial charge in [0, 0.05) is 13.2 Å². The van der Waals surface area contributed by atoms with Crippen LogP contribution in [0.3, 0.4) is 0 Å². The van der Waals surface area contributed by atoms with Gasteiger partial charge in [-0.25, -0.2) is 0 Å². The summed E-state index contributed by atoms with van der Waals surface area (Å²) in [5.41, 5.74) is 0.522. The standard InChI is InChI=1S/C14H30O2Si/c1-2-3-4-5-6-7-9-13-16-17-14-11-8-10-12-15-14/h14H,2-13,17H2,1H3. The van der Waals surface area contributed by atoms with Gasteiger partial charge in [-0.2, -0.15) is 0 Å². The van der Waals surface area contributed by atoms with Crippen LogP contribution in [0.25, 0.3) is 0 Å². The molecule has 1 rings (SSSR count). The first kappa shape index (κ1) is 15.2. The Bertz CT molecular complexity index is 158. The van der Waals surface area contributed by atoms with Gasteiger partial charge in [0.25, 0.3) is 0 Å². The van der Waals surface area contributed by atoms with Crippen LogP contribution in [0, 0.1) is 0 Å². The van der Waals surface area contributed by atoms with Crippen molar-refractivity contribution in [3.05, 3.63) is 0 Å².